The lowest BCUT2D eigenvalue weighted by atomic mass is 9.99. The zero-order valence-electron chi connectivity index (χ0n) is 12.2. The van der Waals surface area contributed by atoms with E-state index in [-0.39, 0.29) is 21.9 Å². The van der Waals surface area contributed by atoms with Gasteiger partial charge in [0.15, 0.2) is 15.6 Å². The molecular weight excluding hydrogens is 286 g/mol. The molecule has 2 N–H and O–H groups in total. The summed E-state index contributed by atoms with van der Waals surface area (Å²) in [5.41, 5.74) is 8.86. The van der Waals surface area contributed by atoms with Crippen molar-refractivity contribution < 1.29 is 13.2 Å². The topological polar surface area (TPSA) is 77.2 Å². The Morgan fingerprint density at radius 2 is 1.62 bits per heavy atom. The summed E-state index contributed by atoms with van der Waals surface area (Å²) in [4.78, 5) is 12.5. The first-order chi connectivity index (χ1) is 9.68. The number of aryl methyl sites for hydroxylation is 2. The van der Waals surface area contributed by atoms with Gasteiger partial charge in [-0.2, -0.15) is 0 Å². The Hall–Kier alpha value is -2.14. The van der Waals surface area contributed by atoms with E-state index in [2.05, 4.69) is 0 Å². The van der Waals surface area contributed by atoms with E-state index in [4.69, 9.17) is 5.73 Å². The summed E-state index contributed by atoms with van der Waals surface area (Å²) >= 11 is 0. The van der Waals surface area contributed by atoms with E-state index in [9.17, 15) is 13.2 Å². The number of sulfone groups is 1. The molecule has 5 heteroatoms. The van der Waals surface area contributed by atoms with Crippen molar-refractivity contribution in [3.63, 3.8) is 0 Å². The Labute approximate surface area is 124 Å². The average molecular weight is 303 g/mol. The number of rotatable bonds is 3. The fourth-order valence-corrected chi connectivity index (χ4v) is 2.71. The second-order valence-corrected chi connectivity index (χ2v) is 7.21. The van der Waals surface area contributed by atoms with Crippen molar-refractivity contribution in [2.75, 3.05) is 12.0 Å². The molecule has 2 aromatic carbocycles. The van der Waals surface area contributed by atoms with Crippen molar-refractivity contribution in [1.82, 2.24) is 0 Å². The van der Waals surface area contributed by atoms with Crippen LogP contribution in [0.2, 0.25) is 0 Å². The van der Waals surface area contributed by atoms with Gasteiger partial charge < -0.3 is 5.73 Å². The molecule has 21 heavy (non-hydrogen) atoms. The van der Waals surface area contributed by atoms with Gasteiger partial charge in [0.2, 0.25) is 0 Å². The minimum atomic E-state index is -3.41. The van der Waals surface area contributed by atoms with E-state index >= 15 is 0 Å². The number of nitrogens with two attached hydrogens (primary N) is 1. The van der Waals surface area contributed by atoms with E-state index in [1.54, 1.807) is 12.1 Å². The van der Waals surface area contributed by atoms with Gasteiger partial charge in [-0.05, 0) is 49.2 Å². The summed E-state index contributed by atoms with van der Waals surface area (Å²) in [6.45, 7) is 3.89. The van der Waals surface area contributed by atoms with Crippen LogP contribution in [0.5, 0.6) is 0 Å². The molecule has 0 aliphatic carbocycles. The van der Waals surface area contributed by atoms with Crippen LogP contribution in [0.4, 0.5) is 5.69 Å². The molecule has 0 saturated carbocycles. The third-order valence-electron chi connectivity index (χ3n) is 3.39. The van der Waals surface area contributed by atoms with E-state index < -0.39 is 9.84 Å². The number of carbonyl (C=O) groups is 1. The molecule has 0 radical (unpaired) electrons. The lowest BCUT2D eigenvalue weighted by Gasteiger charge is -2.07. The first-order valence-corrected chi connectivity index (χ1v) is 8.30. The molecule has 0 unspecified atom stereocenters. The molecule has 0 heterocycles. The van der Waals surface area contributed by atoms with Gasteiger partial charge in [0, 0.05) is 23.1 Å². The Morgan fingerprint density at radius 1 is 0.952 bits per heavy atom. The monoisotopic (exact) mass is 303 g/mol. The van der Waals surface area contributed by atoms with E-state index in [1.165, 1.54) is 18.2 Å². The van der Waals surface area contributed by atoms with Crippen LogP contribution in [0, 0.1) is 13.8 Å². The van der Waals surface area contributed by atoms with Crippen molar-refractivity contribution in [3.05, 3.63) is 58.7 Å². The van der Waals surface area contributed by atoms with E-state index in [1.807, 2.05) is 19.9 Å². The fourth-order valence-electron chi connectivity index (χ4n) is 2.02. The quantitative estimate of drug-likeness (QED) is 0.698. The highest BCUT2D eigenvalue weighted by Gasteiger charge is 2.15. The maximum absolute atomic E-state index is 12.5. The van der Waals surface area contributed by atoms with Crippen molar-refractivity contribution in [1.29, 1.82) is 0 Å². The summed E-state index contributed by atoms with van der Waals surface area (Å²) in [7, 11) is -3.41. The normalized spacial score (nSPS) is 11.4. The summed E-state index contributed by atoms with van der Waals surface area (Å²) in [5.74, 6) is -0.240. The van der Waals surface area contributed by atoms with E-state index in [0.29, 0.717) is 5.56 Å². The maximum Gasteiger partial charge on any atom is 0.193 e. The lowest BCUT2D eigenvalue weighted by molar-refractivity contribution is 0.103. The number of ketones is 1. The first-order valence-electron chi connectivity index (χ1n) is 6.41. The molecule has 0 bridgehead atoms. The number of carbonyl (C=O) groups excluding carboxylic acids is 1. The van der Waals surface area contributed by atoms with Crippen LogP contribution in [0.1, 0.15) is 27.0 Å². The Morgan fingerprint density at radius 3 is 2.19 bits per heavy atom. The average Bonchev–Trinajstić information content (AvgIpc) is 2.39. The second-order valence-electron chi connectivity index (χ2n) is 5.19. The van der Waals surface area contributed by atoms with Gasteiger partial charge in [0.05, 0.1) is 4.90 Å². The highest BCUT2D eigenvalue weighted by atomic mass is 32.2. The molecular formula is C16H17NO3S. The van der Waals surface area contributed by atoms with Gasteiger partial charge >= 0.3 is 0 Å². The summed E-state index contributed by atoms with van der Waals surface area (Å²) in [6.07, 6.45) is 1.09. The van der Waals surface area contributed by atoms with Crippen molar-refractivity contribution in [2.24, 2.45) is 0 Å². The molecule has 2 aromatic rings. The van der Waals surface area contributed by atoms with Crippen molar-refractivity contribution in [3.8, 4) is 0 Å². The number of hydrogen-bond donors (Lipinski definition) is 1. The first kappa shape index (κ1) is 15.3. The lowest BCUT2D eigenvalue weighted by Crippen LogP contribution is -2.06. The molecule has 110 valence electrons. The molecule has 0 aromatic heterocycles. The third-order valence-corrected chi connectivity index (χ3v) is 4.48. The van der Waals surface area contributed by atoms with Gasteiger partial charge in [-0.15, -0.1) is 0 Å². The minimum Gasteiger partial charge on any atom is -0.399 e. The molecule has 0 aliphatic heterocycles. The molecule has 0 fully saturated rings. The van der Waals surface area contributed by atoms with Crippen molar-refractivity contribution >= 4 is 21.3 Å². The maximum atomic E-state index is 12.5. The standard InChI is InChI=1S/C16H17NO3S/c1-10-4-5-12(6-11(10)2)16(18)13-7-14(17)9-15(8-13)21(3,19)20/h4-9H,17H2,1-3H3. The predicted octanol–water partition coefficient (Wildman–Crippen LogP) is 2.52. The second kappa shape index (κ2) is 5.33. The summed E-state index contributed by atoms with van der Waals surface area (Å²) < 4.78 is 23.3. The predicted molar refractivity (Wildman–Crippen MR) is 83.3 cm³/mol. The number of hydrogen-bond acceptors (Lipinski definition) is 4. The van der Waals surface area contributed by atoms with Crippen LogP contribution >= 0.6 is 0 Å². The van der Waals surface area contributed by atoms with Gasteiger partial charge in [0.1, 0.15) is 0 Å². The highest BCUT2D eigenvalue weighted by molar-refractivity contribution is 7.90. The number of benzene rings is 2. The summed E-state index contributed by atoms with van der Waals surface area (Å²) in [5, 5.41) is 0. The molecule has 0 aliphatic rings. The van der Waals surface area contributed by atoms with Crippen LogP contribution in [0.3, 0.4) is 0 Å². The third kappa shape index (κ3) is 3.31. The van der Waals surface area contributed by atoms with Gasteiger partial charge in [-0.1, -0.05) is 12.1 Å². The van der Waals surface area contributed by atoms with Crippen LogP contribution in [0.25, 0.3) is 0 Å². The Balaban J connectivity index is 2.53. The van der Waals surface area contributed by atoms with Crippen LogP contribution < -0.4 is 5.73 Å². The largest absolute Gasteiger partial charge is 0.399 e. The van der Waals surface area contributed by atoms with Crippen LogP contribution in [0.15, 0.2) is 41.3 Å². The summed E-state index contributed by atoms with van der Waals surface area (Å²) in [6, 6.07) is 9.60. The molecule has 0 atom stereocenters. The van der Waals surface area contributed by atoms with Crippen LogP contribution in [-0.4, -0.2) is 20.5 Å². The SMILES string of the molecule is Cc1ccc(C(=O)c2cc(N)cc(S(C)(=O)=O)c2)cc1C. The zero-order chi connectivity index (χ0) is 15.8. The number of anilines is 1. The molecule has 2 rings (SSSR count). The minimum absolute atomic E-state index is 0.0506. The van der Waals surface area contributed by atoms with Gasteiger partial charge in [-0.25, -0.2) is 8.42 Å². The molecule has 4 nitrogen and oxygen atoms in total. The van der Waals surface area contributed by atoms with Crippen molar-refractivity contribution in [2.45, 2.75) is 18.7 Å². The molecule has 0 saturated heterocycles. The van der Waals surface area contributed by atoms with Gasteiger partial charge in [-0.3, -0.25) is 4.79 Å². The highest BCUT2D eigenvalue weighted by Crippen LogP contribution is 2.20. The Kier molecular flexibility index (Phi) is 3.87. The van der Waals surface area contributed by atoms with E-state index in [0.717, 1.165) is 17.4 Å². The number of nitrogen functional groups attached to an aromatic ring is 1. The Bertz CT molecular complexity index is 823. The molecule has 0 spiro atoms. The van der Waals surface area contributed by atoms with Gasteiger partial charge in [0.25, 0.3) is 0 Å². The smallest absolute Gasteiger partial charge is 0.193 e. The zero-order valence-corrected chi connectivity index (χ0v) is 13.0. The van der Waals surface area contributed by atoms with Crippen LogP contribution in [-0.2, 0) is 9.84 Å². The fraction of sp³-hybridized carbons (Fsp3) is 0.188. The molecule has 0 amide bonds.